The van der Waals surface area contributed by atoms with Gasteiger partial charge in [0.25, 0.3) is 5.91 Å². The summed E-state index contributed by atoms with van der Waals surface area (Å²) in [6, 6.07) is 17.8. The summed E-state index contributed by atoms with van der Waals surface area (Å²) < 4.78 is 6.05. The predicted octanol–water partition coefficient (Wildman–Crippen LogP) is 3.41. The van der Waals surface area contributed by atoms with Crippen LogP contribution in [0.5, 0.6) is 0 Å². The van der Waals surface area contributed by atoms with Gasteiger partial charge >= 0.3 is 0 Å². The maximum absolute atomic E-state index is 13.0. The van der Waals surface area contributed by atoms with Gasteiger partial charge in [0.05, 0.1) is 11.4 Å². The third kappa shape index (κ3) is 5.96. The van der Waals surface area contributed by atoms with Crippen molar-refractivity contribution in [3.63, 3.8) is 0 Å². The minimum absolute atomic E-state index is 0.0374. The van der Waals surface area contributed by atoms with Crippen molar-refractivity contribution in [1.82, 2.24) is 30.7 Å². The molecule has 0 unspecified atom stereocenters. The third-order valence-electron chi connectivity index (χ3n) is 5.05. The Balaban J connectivity index is 1.50. The minimum Gasteiger partial charge on any atom is -0.378 e. The van der Waals surface area contributed by atoms with Gasteiger partial charge in [0, 0.05) is 30.4 Å². The summed E-state index contributed by atoms with van der Waals surface area (Å²) in [4.78, 5) is 16.0. The Morgan fingerprint density at radius 2 is 1.92 bits per heavy atom. The number of hydrogen-bond donors (Lipinski definition) is 2. The number of carbonyl (C=O) groups is 1. The van der Waals surface area contributed by atoms with E-state index in [4.69, 9.17) is 10.4 Å². The Morgan fingerprint density at radius 1 is 1.17 bits per heavy atom. The van der Waals surface area contributed by atoms with Gasteiger partial charge in [-0.2, -0.15) is 9.78 Å². The van der Waals surface area contributed by atoms with Crippen molar-refractivity contribution < 1.29 is 9.42 Å². The number of amides is 1. The van der Waals surface area contributed by atoms with Gasteiger partial charge in [-0.05, 0) is 53.1 Å². The number of nitrogens with zero attached hydrogens (tertiary/aromatic N) is 7. The molecule has 1 amide bonds. The number of nitrogen functional groups attached to an aromatic ring is 1. The topological polar surface area (TPSA) is 140 Å². The highest BCUT2D eigenvalue weighted by atomic mass is 32.2. The lowest BCUT2D eigenvalue weighted by atomic mass is 10.2. The highest BCUT2D eigenvalue weighted by Crippen LogP contribution is 2.25. The fourth-order valence-corrected chi connectivity index (χ4v) is 4.03. The summed E-state index contributed by atoms with van der Waals surface area (Å²) >= 11 is 1.51. The van der Waals surface area contributed by atoms with Crippen molar-refractivity contribution in [3.8, 4) is 5.82 Å². The molecular weight excluding hydrogens is 478 g/mol. The number of rotatable bonds is 9. The number of nitrogens with one attached hydrogen (secondary N) is 1. The zero-order valence-corrected chi connectivity index (χ0v) is 20.8. The van der Waals surface area contributed by atoms with Crippen LogP contribution >= 0.6 is 11.8 Å². The number of hydrazone groups is 1. The van der Waals surface area contributed by atoms with Gasteiger partial charge in [0.1, 0.15) is 0 Å². The fraction of sp³-hybridized carbons (Fsp3) is 0.167. The van der Waals surface area contributed by atoms with Crippen molar-refractivity contribution in [2.45, 2.75) is 17.6 Å². The third-order valence-corrected chi connectivity index (χ3v) is 6.08. The molecule has 0 saturated heterocycles. The van der Waals surface area contributed by atoms with Crippen molar-refractivity contribution in [2.24, 2.45) is 5.10 Å². The molecular formula is C24H25N9O2S. The Hall–Kier alpha value is -4.45. The van der Waals surface area contributed by atoms with Crippen LogP contribution in [-0.4, -0.2) is 51.0 Å². The van der Waals surface area contributed by atoms with Gasteiger partial charge < -0.3 is 10.6 Å². The second-order valence-corrected chi connectivity index (χ2v) is 8.93. The fourth-order valence-electron chi connectivity index (χ4n) is 3.11. The first-order chi connectivity index (χ1) is 17.4. The lowest BCUT2D eigenvalue weighted by molar-refractivity contribution is 0.0949. The van der Waals surface area contributed by atoms with E-state index in [0.717, 1.165) is 16.1 Å². The van der Waals surface area contributed by atoms with E-state index in [9.17, 15) is 4.79 Å². The second-order valence-electron chi connectivity index (χ2n) is 7.88. The summed E-state index contributed by atoms with van der Waals surface area (Å²) in [5.41, 5.74) is 11.7. The molecule has 0 aliphatic carbocycles. The predicted molar refractivity (Wildman–Crippen MR) is 140 cm³/mol. The first-order valence-electron chi connectivity index (χ1n) is 10.9. The van der Waals surface area contributed by atoms with Crippen LogP contribution in [0.3, 0.4) is 0 Å². The van der Waals surface area contributed by atoms with Crippen LogP contribution in [0.2, 0.25) is 0 Å². The summed E-state index contributed by atoms with van der Waals surface area (Å²) in [7, 11) is 3.98. The van der Waals surface area contributed by atoms with Gasteiger partial charge in [-0.15, -0.1) is 16.9 Å². The van der Waals surface area contributed by atoms with Crippen molar-refractivity contribution in [3.05, 3.63) is 77.6 Å². The average Bonchev–Trinajstić information content (AvgIpc) is 3.51. The number of benzene rings is 2. The molecule has 4 aromatic rings. The van der Waals surface area contributed by atoms with E-state index in [2.05, 4.69) is 31.2 Å². The summed E-state index contributed by atoms with van der Waals surface area (Å²) in [5, 5.41) is 19.7. The normalized spacial score (nSPS) is 11.7. The molecule has 0 fully saturated rings. The standard InChI is InChI=1S/C24H25N9O2S/c1-16(9-10-17-11-13-18(14-12-17)32(2)3)26-28-24(34)21-20(15-36-19-7-5-4-6-8-19)33(31-27-21)23-22(25)29-35-30-23/h4-14H,15H2,1-3H3,(H2,25,29)(H,28,34). The Labute approximate surface area is 212 Å². The van der Waals surface area contributed by atoms with Gasteiger partial charge in [-0.3, -0.25) is 4.79 Å². The molecule has 2 heterocycles. The van der Waals surface area contributed by atoms with E-state index >= 15 is 0 Å². The Morgan fingerprint density at radius 3 is 2.58 bits per heavy atom. The number of hydrogen-bond acceptors (Lipinski definition) is 10. The molecule has 0 aliphatic rings. The van der Waals surface area contributed by atoms with Gasteiger partial charge in [0.2, 0.25) is 11.6 Å². The molecule has 184 valence electrons. The van der Waals surface area contributed by atoms with Crippen LogP contribution < -0.4 is 16.1 Å². The van der Waals surface area contributed by atoms with Gasteiger partial charge in [0.15, 0.2) is 5.69 Å². The maximum Gasteiger partial charge on any atom is 0.293 e. The largest absolute Gasteiger partial charge is 0.378 e. The first-order valence-corrected chi connectivity index (χ1v) is 11.9. The van der Waals surface area contributed by atoms with Crippen molar-refractivity contribution >= 4 is 41.0 Å². The van der Waals surface area contributed by atoms with E-state index in [0.29, 0.717) is 17.2 Å². The van der Waals surface area contributed by atoms with Crippen molar-refractivity contribution in [2.75, 3.05) is 24.7 Å². The molecule has 3 N–H and O–H groups in total. The number of allylic oxidation sites excluding steroid dienone is 1. The smallest absolute Gasteiger partial charge is 0.293 e. The van der Waals surface area contributed by atoms with Crippen LogP contribution in [0.25, 0.3) is 11.9 Å². The number of aromatic nitrogens is 5. The molecule has 0 atom stereocenters. The molecule has 2 aromatic heterocycles. The van der Waals surface area contributed by atoms with Crippen LogP contribution in [0.4, 0.5) is 11.5 Å². The van der Waals surface area contributed by atoms with Gasteiger partial charge in [-0.1, -0.05) is 41.6 Å². The molecule has 2 aromatic carbocycles. The van der Waals surface area contributed by atoms with E-state index in [1.807, 2.05) is 85.7 Å². The summed E-state index contributed by atoms with van der Waals surface area (Å²) in [6.07, 6.45) is 3.73. The molecule has 12 heteroatoms. The average molecular weight is 504 g/mol. The lowest BCUT2D eigenvalue weighted by Crippen LogP contribution is -2.21. The molecule has 0 aliphatic heterocycles. The zero-order chi connectivity index (χ0) is 25.5. The number of anilines is 2. The van der Waals surface area contributed by atoms with E-state index < -0.39 is 5.91 Å². The highest BCUT2D eigenvalue weighted by molar-refractivity contribution is 7.98. The van der Waals surface area contributed by atoms with Crippen LogP contribution in [-0.2, 0) is 5.75 Å². The number of nitrogens with two attached hydrogens (primary N) is 1. The molecule has 11 nitrogen and oxygen atoms in total. The molecule has 36 heavy (non-hydrogen) atoms. The molecule has 0 spiro atoms. The highest BCUT2D eigenvalue weighted by Gasteiger charge is 2.24. The van der Waals surface area contributed by atoms with E-state index in [1.165, 1.54) is 16.4 Å². The molecule has 0 saturated carbocycles. The number of thioether (sulfide) groups is 1. The van der Waals surface area contributed by atoms with Crippen LogP contribution in [0.15, 0.2) is 75.3 Å². The van der Waals surface area contributed by atoms with Crippen molar-refractivity contribution in [1.29, 1.82) is 0 Å². The summed E-state index contributed by atoms with van der Waals surface area (Å²) in [6.45, 7) is 1.79. The SMILES string of the molecule is CC(C=Cc1ccc(N(C)C)cc1)=NNC(=O)c1nnn(-c2nonc2N)c1CSc1ccccc1. The Kier molecular flexibility index (Phi) is 7.75. The molecule has 0 radical (unpaired) electrons. The number of carbonyl (C=O) groups excluding carboxylic acids is 1. The van der Waals surface area contributed by atoms with Crippen LogP contribution in [0.1, 0.15) is 28.7 Å². The zero-order valence-electron chi connectivity index (χ0n) is 20.0. The monoisotopic (exact) mass is 503 g/mol. The Bertz CT molecular complexity index is 1380. The minimum atomic E-state index is -0.511. The van der Waals surface area contributed by atoms with Crippen LogP contribution in [0, 0.1) is 0 Å². The maximum atomic E-state index is 13.0. The molecule has 0 bridgehead atoms. The summed E-state index contributed by atoms with van der Waals surface area (Å²) in [5.74, 6) is 0.0593. The second kappa shape index (κ2) is 11.3. The molecule has 4 rings (SSSR count). The van der Waals surface area contributed by atoms with E-state index in [-0.39, 0.29) is 17.3 Å². The lowest BCUT2D eigenvalue weighted by Gasteiger charge is -2.11. The van der Waals surface area contributed by atoms with Gasteiger partial charge in [-0.25, -0.2) is 10.1 Å². The first kappa shape index (κ1) is 24.7. The van der Waals surface area contributed by atoms with E-state index in [1.54, 1.807) is 6.92 Å². The quantitative estimate of drug-likeness (QED) is 0.200.